The molecule has 0 fully saturated rings. The Morgan fingerprint density at radius 2 is 2.27 bits per heavy atom. The average molecular weight is 198 g/mol. The fourth-order valence-corrected chi connectivity index (χ4v) is 1.71. The molecule has 0 aromatic carbocycles. The predicted molar refractivity (Wildman–Crippen MR) is 62.6 cm³/mol. The SMILES string of the molecule is C=CCn1c(C)ccc1-c1cccnc1. The second-order valence-corrected chi connectivity index (χ2v) is 3.50. The molecule has 0 aliphatic carbocycles. The van der Waals surface area contributed by atoms with Gasteiger partial charge in [-0.1, -0.05) is 6.08 Å². The van der Waals surface area contributed by atoms with E-state index in [0.717, 1.165) is 12.1 Å². The molecule has 0 atom stereocenters. The lowest BCUT2D eigenvalue weighted by Gasteiger charge is -2.08. The first-order valence-electron chi connectivity index (χ1n) is 5.00. The van der Waals surface area contributed by atoms with E-state index in [1.807, 2.05) is 18.3 Å². The highest BCUT2D eigenvalue weighted by atomic mass is 15.0. The van der Waals surface area contributed by atoms with Crippen molar-refractivity contribution in [3.63, 3.8) is 0 Å². The van der Waals surface area contributed by atoms with Crippen LogP contribution in [0, 0.1) is 6.92 Å². The second-order valence-electron chi connectivity index (χ2n) is 3.50. The number of pyridine rings is 1. The van der Waals surface area contributed by atoms with Gasteiger partial charge in [-0.25, -0.2) is 0 Å². The maximum atomic E-state index is 4.13. The highest BCUT2D eigenvalue weighted by molar-refractivity contribution is 5.59. The Balaban J connectivity index is 2.49. The molecule has 0 aliphatic heterocycles. The van der Waals surface area contributed by atoms with E-state index >= 15 is 0 Å². The zero-order valence-electron chi connectivity index (χ0n) is 8.85. The maximum Gasteiger partial charge on any atom is 0.0500 e. The summed E-state index contributed by atoms with van der Waals surface area (Å²) in [5.41, 5.74) is 3.58. The maximum absolute atomic E-state index is 4.13. The van der Waals surface area contributed by atoms with Crippen LogP contribution in [-0.2, 0) is 6.54 Å². The number of aryl methyl sites for hydroxylation is 1. The van der Waals surface area contributed by atoms with Crippen LogP contribution in [0.1, 0.15) is 5.69 Å². The van der Waals surface area contributed by atoms with Gasteiger partial charge in [-0.05, 0) is 31.2 Å². The Morgan fingerprint density at radius 3 is 2.93 bits per heavy atom. The Morgan fingerprint density at radius 1 is 1.40 bits per heavy atom. The van der Waals surface area contributed by atoms with Crippen molar-refractivity contribution in [1.82, 2.24) is 9.55 Å². The van der Waals surface area contributed by atoms with Gasteiger partial charge in [0.1, 0.15) is 0 Å². The number of hydrogen-bond acceptors (Lipinski definition) is 1. The molecule has 2 nitrogen and oxygen atoms in total. The van der Waals surface area contributed by atoms with Crippen LogP contribution < -0.4 is 0 Å². The molecular weight excluding hydrogens is 184 g/mol. The monoisotopic (exact) mass is 198 g/mol. The number of nitrogens with zero attached hydrogens (tertiary/aromatic N) is 2. The summed E-state index contributed by atoms with van der Waals surface area (Å²) in [6.07, 6.45) is 5.58. The van der Waals surface area contributed by atoms with Gasteiger partial charge in [0.15, 0.2) is 0 Å². The van der Waals surface area contributed by atoms with Gasteiger partial charge < -0.3 is 4.57 Å². The lowest BCUT2D eigenvalue weighted by Crippen LogP contribution is -1.99. The van der Waals surface area contributed by atoms with Crippen LogP contribution in [-0.4, -0.2) is 9.55 Å². The highest BCUT2D eigenvalue weighted by Gasteiger charge is 2.05. The van der Waals surface area contributed by atoms with Crippen molar-refractivity contribution in [2.24, 2.45) is 0 Å². The average Bonchev–Trinajstić information content (AvgIpc) is 2.63. The van der Waals surface area contributed by atoms with Crippen LogP contribution in [0.3, 0.4) is 0 Å². The molecule has 0 amide bonds. The molecule has 2 heterocycles. The third kappa shape index (κ3) is 1.84. The molecule has 0 N–H and O–H groups in total. The third-order valence-electron chi connectivity index (χ3n) is 2.47. The first-order valence-corrected chi connectivity index (χ1v) is 5.00. The number of allylic oxidation sites excluding steroid dienone is 1. The summed E-state index contributed by atoms with van der Waals surface area (Å²) >= 11 is 0. The Bertz CT molecular complexity index is 455. The van der Waals surface area contributed by atoms with Crippen LogP contribution in [0.4, 0.5) is 0 Å². The standard InChI is InChI=1S/C13H14N2/c1-3-9-15-11(2)6-7-13(15)12-5-4-8-14-10-12/h3-8,10H,1,9H2,2H3. The summed E-state index contributed by atoms with van der Waals surface area (Å²) in [5, 5.41) is 0. The molecule has 0 radical (unpaired) electrons. The number of hydrogen-bond donors (Lipinski definition) is 0. The van der Waals surface area contributed by atoms with Crippen LogP contribution in [0.15, 0.2) is 49.3 Å². The van der Waals surface area contributed by atoms with Crippen molar-refractivity contribution in [2.45, 2.75) is 13.5 Å². The minimum Gasteiger partial charge on any atom is -0.341 e. The van der Waals surface area contributed by atoms with Crippen LogP contribution in [0.5, 0.6) is 0 Å². The third-order valence-corrected chi connectivity index (χ3v) is 2.47. The minimum absolute atomic E-state index is 0.836. The quantitative estimate of drug-likeness (QED) is 0.693. The molecule has 0 unspecified atom stereocenters. The molecular formula is C13H14N2. The molecule has 2 rings (SSSR count). The van der Waals surface area contributed by atoms with Gasteiger partial charge in [0.05, 0.1) is 5.69 Å². The van der Waals surface area contributed by atoms with Crippen LogP contribution in [0.2, 0.25) is 0 Å². The van der Waals surface area contributed by atoms with E-state index in [-0.39, 0.29) is 0 Å². The summed E-state index contributed by atoms with van der Waals surface area (Å²) < 4.78 is 2.23. The lowest BCUT2D eigenvalue weighted by molar-refractivity contribution is 0.806. The van der Waals surface area contributed by atoms with E-state index in [4.69, 9.17) is 0 Å². The van der Waals surface area contributed by atoms with Gasteiger partial charge in [-0.2, -0.15) is 0 Å². The van der Waals surface area contributed by atoms with Crippen molar-refractivity contribution < 1.29 is 0 Å². The van der Waals surface area contributed by atoms with Gasteiger partial charge in [0, 0.05) is 30.2 Å². The van der Waals surface area contributed by atoms with Gasteiger partial charge in [0.2, 0.25) is 0 Å². The zero-order chi connectivity index (χ0) is 10.7. The molecule has 0 spiro atoms. The molecule has 76 valence electrons. The van der Waals surface area contributed by atoms with Crippen molar-refractivity contribution >= 4 is 0 Å². The van der Waals surface area contributed by atoms with Crippen LogP contribution in [0.25, 0.3) is 11.3 Å². The Kier molecular flexibility index (Phi) is 2.68. The predicted octanol–water partition coefficient (Wildman–Crippen LogP) is 3.04. The summed E-state index contributed by atoms with van der Waals surface area (Å²) in [4.78, 5) is 4.13. The summed E-state index contributed by atoms with van der Waals surface area (Å²) in [7, 11) is 0. The molecule has 15 heavy (non-hydrogen) atoms. The molecule has 2 heteroatoms. The molecule has 0 saturated carbocycles. The van der Waals surface area contributed by atoms with E-state index < -0.39 is 0 Å². The van der Waals surface area contributed by atoms with Crippen molar-refractivity contribution in [1.29, 1.82) is 0 Å². The smallest absolute Gasteiger partial charge is 0.0500 e. The van der Waals surface area contributed by atoms with E-state index in [1.54, 1.807) is 6.20 Å². The first-order chi connectivity index (χ1) is 7.33. The van der Waals surface area contributed by atoms with Crippen molar-refractivity contribution in [3.8, 4) is 11.3 Å². The normalized spacial score (nSPS) is 10.2. The van der Waals surface area contributed by atoms with E-state index in [1.165, 1.54) is 11.4 Å². The Labute approximate surface area is 89.9 Å². The van der Waals surface area contributed by atoms with Gasteiger partial charge in [-0.3, -0.25) is 4.98 Å². The molecule has 0 saturated heterocycles. The van der Waals surface area contributed by atoms with Crippen molar-refractivity contribution in [3.05, 3.63) is 55.0 Å². The van der Waals surface area contributed by atoms with Gasteiger partial charge >= 0.3 is 0 Å². The first kappa shape index (κ1) is 9.71. The minimum atomic E-state index is 0.836. The summed E-state index contributed by atoms with van der Waals surface area (Å²) in [6.45, 7) is 6.71. The van der Waals surface area contributed by atoms with E-state index in [0.29, 0.717) is 0 Å². The van der Waals surface area contributed by atoms with Gasteiger partial charge in [0.25, 0.3) is 0 Å². The number of aromatic nitrogens is 2. The molecule has 0 bridgehead atoms. The van der Waals surface area contributed by atoms with Gasteiger partial charge in [-0.15, -0.1) is 6.58 Å². The van der Waals surface area contributed by atoms with E-state index in [9.17, 15) is 0 Å². The lowest BCUT2D eigenvalue weighted by atomic mass is 10.2. The number of rotatable bonds is 3. The Hall–Kier alpha value is -1.83. The zero-order valence-corrected chi connectivity index (χ0v) is 8.85. The fraction of sp³-hybridized carbons (Fsp3) is 0.154. The molecule has 2 aromatic heterocycles. The summed E-state index contributed by atoms with van der Waals surface area (Å²) in [5.74, 6) is 0. The van der Waals surface area contributed by atoms with Crippen LogP contribution >= 0.6 is 0 Å². The van der Waals surface area contributed by atoms with E-state index in [2.05, 4.69) is 41.3 Å². The highest BCUT2D eigenvalue weighted by Crippen LogP contribution is 2.21. The molecule has 2 aromatic rings. The fourth-order valence-electron chi connectivity index (χ4n) is 1.71. The molecule has 0 aliphatic rings. The topological polar surface area (TPSA) is 17.8 Å². The summed E-state index contributed by atoms with van der Waals surface area (Å²) in [6, 6.07) is 8.26. The second kappa shape index (κ2) is 4.13. The van der Waals surface area contributed by atoms with Crippen molar-refractivity contribution in [2.75, 3.05) is 0 Å². The largest absolute Gasteiger partial charge is 0.341 e.